The lowest BCUT2D eigenvalue weighted by Crippen LogP contribution is -2.25. The summed E-state index contributed by atoms with van der Waals surface area (Å²) in [4.78, 5) is 11.7. The van der Waals surface area contributed by atoms with E-state index in [-0.39, 0.29) is 5.56 Å². The second-order valence-corrected chi connectivity index (χ2v) is 5.66. The molecule has 5 heteroatoms. The number of aliphatic hydroxyl groups is 1. The molecule has 98 valence electrons. The zero-order chi connectivity index (χ0) is 13.6. The molecular formula is C14H13NO3S. The molecule has 4 N–H and O–H groups in total. The average Bonchev–Trinajstić information content (AvgIpc) is 2.95. The second-order valence-electron chi connectivity index (χ2n) is 4.75. The molecule has 3 rings (SSSR count). The highest BCUT2D eigenvalue weighted by Crippen LogP contribution is 2.45. The van der Waals surface area contributed by atoms with Crippen LogP contribution in [0.4, 0.5) is 5.69 Å². The smallest absolute Gasteiger partial charge is 0.336 e. The summed E-state index contributed by atoms with van der Waals surface area (Å²) in [7, 11) is 0. The standard InChI is InChI=1S/C14H13NO3S/c15-9-1-2-11-8(7-9)3-5-14(11,18)12-10(13(16)17)4-6-19-12/h1-2,4,6-7,18H,3,5,15H2,(H,16,17). The van der Waals surface area contributed by atoms with Crippen molar-refractivity contribution in [1.29, 1.82) is 0 Å². The Morgan fingerprint density at radius 3 is 2.89 bits per heavy atom. The van der Waals surface area contributed by atoms with Crippen LogP contribution >= 0.6 is 11.3 Å². The van der Waals surface area contributed by atoms with Crippen molar-refractivity contribution in [3.63, 3.8) is 0 Å². The Morgan fingerprint density at radius 1 is 1.37 bits per heavy atom. The fraction of sp³-hybridized carbons (Fsp3) is 0.214. The molecule has 2 aromatic rings. The Bertz CT molecular complexity index is 664. The summed E-state index contributed by atoms with van der Waals surface area (Å²) in [6.45, 7) is 0. The maximum Gasteiger partial charge on any atom is 0.336 e. The summed E-state index contributed by atoms with van der Waals surface area (Å²) in [6, 6.07) is 6.92. The maximum atomic E-state index is 11.2. The van der Waals surface area contributed by atoms with Crippen LogP contribution in [0.1, 0.15) is 32.8 Å². The molecule has 0 amide bonds. The number of carboxylic acids is 1. The first kappa shape index (κ1) is 12.2. The summed E-state index contributed by atoms with van der Waals surface area (Å²) in [5.74, 6) is -1.01. The normalized spacial score (nSPS) is 21.3. The van der Waals surface area contributed by atoms with E-state index in [9.17, 15) is 15.0 Å². The molecule has 19 heavy (non-hydrogen) atoms. The molecule has 1 heterocycles. The zero-order valence-corrected chi connectivity index (χ0v) is 10.9. The van der Waals surface area contributed by atoms with Gasteiger partial charge in [-0.15, -0.1) is 11.3 Å². The lowest BCUT2D eigenvalue weighted by atomic mass is 9.91. The van der Waals surface area contributed by atoms with Gasteiger partial charge in [-0.05, 0) is 47.5 Å². The van der Waals surface area contributed by atoms with E-state index in [1.807, 2.05) is 6.07 Å². The van der Waals surface area contributed by atoms with Crippen LogP contribution in [0.25, 0.3) is 0 Å². The van der Waals surface area contributed by atoms with Gasteiger partial charge in [-0.25, -0.2) is 4.79 Å². The minimum absolute atomic E-state index is 0.178. The summed E-state index contributed by atoms with van der Waals surface area (Å²) in [5, 5.41) is 21.8. The molecule has 1 unspecified atom stereocenters. The molecule has 1 aromatic carbocycles. The first-order valence-electron chi connectivity index (χ1n) is 5.95. The van der Waals surface area contributed by atoms with Crippen LogP contribution in [-0.2, 0) is 12.0 Å². The van der Waals surface area contributed by atoms with Gasteiger partial charge in [-0.2, -0.15) is 0 Å². The van der Waals surface area contributed by atoms with Gasteiger partial charge < -0.3 is 15.9 Å². The van der Waals surface area contributed by atoms with Crippen molar-refractivity contribution in [3.8, 4) is 0 Å². The van der Waals surface area contributed by atoms with E-state index < -0.39 is 11.6 Å². The van der Waals surface area contributed by atoms with Crippen LogP contribution in [0, 0.1) is 0 Å². The SMILES string of the molecule is Nc1ccc2c(c1)CCC2(O)c1sccc1C(=O)O. The number of rotatable bonds is 2. The third kappa shape index (κ3) is 1.74. The van der Waals surface area contributed by atoms with Gasteiger partial charge in [0, 0.05) is 5.69 Å². The predicted octanol–water partition coefficient (Wildman–Crippen LogP) is 2.21. The molecule has 0 radical (unpaired) electrons. The van der Waals surface area contributed by atoms with E-state index in [1.165, 1.54) is 17.4 Å². The van der Waals surface area contributed by atoms with E-state index in [0.717, 1.165) is 11.1 Å². The molecule has 0 saturated heterocycles. The fourth-order valence-corrected chi connectivity index (χ4v) is 3.74. The van der Waals surface area contributed by atoms with Crippen molar-refractivity contribution in [1.82, 2.24) is 0 Å². The number of nitrogens with two attached hydrogens (primary N) is 1. The van der Waals surface area contributed by atoms with Gasteiger partial charge in [0.05, 0.1) is 10.4 Å². The number of benzene rings is 1. The second kappa shape index (κ2) is 4.08. The molecule has 1 aliphatic rings. The maximum absolute atomic E-state index is 11.2. The molecule has 0 spiro atoms. The van der Waals surface area contributed by atoms with Crippen molar-refractivity contribution < 1.29 is 15.0 Å². The highest BCUT2D eigenvalue weighted by atomic mass is 32.1. The van der Waals surface area contributed by atoms with Crippen molar-refractivity contribution in [2.75, 3.05) is 5.73 Å². The summed E-state index contributed by atoms with van der Waals surface area (Å²) in [5.41, 5.74) is 7.14. The molecular weight excluding hydrogens is 262 g/mol. The molecule has 4 nitrogen and oxygen atoms in total. The monoisotopic (exact) mass is 275 g/mol. The third-order valence-corrected chi connectivity index (χ3v) is 4.67. The summed E-state index contributed by atoms with van der Waals surface area (Å²) >= 11 is 1.28. The first-order chi connectivity index (χ1) is 9.02. The molecule has 1 atom stereocenters. The molecule has 1 aromatic heterocycles. The quantitative estimate of drug-likeness (QED) is 0.734. The number of aryl methyl sites for hydroxylation is 1. The lowest BCUT2D eigenvalue weighted by Gasteiger charge is -2.23. The van der Waals surface area contributed by atoms with Gasteiger partial charge >= 0.3 is 5.97 Å². The zero-order valence-electron chi connectivity index (χ0n) is 10.1. The Hall–Kier alpha value is -1.85. The summed E-state index contributed by atoms with van der Waals surface area (Å²) < 4.78 is 0. The van der Waals surface area contributed by atoms with Gasteiger partial charge in [0.1, 0.15) is 5.60 Å². The van der Waals surface area contributed by atoms with Gasteiger partial charge in [0.25, 0.3) is 0 Å². The van der Waals surface area contributed by atoms with Crippen LogP contribution in [0.15, 0.2) is 29.6 Å². The van der Waals surface area contributed by atoms with Crippen molar-refractivity contribution in [2.24, 2.45) is 0 Å². The summed E-state index contributed by atoms with van der Waals surface area (Å²) in [6.07, 6.45) is 1.19. The number of carbonyl (C=O) groups is 1. The topological polar surface area (TPSA) is 83.5 Å². The minimum Gasteiger partial charge on any atom is -0.478 e. The molecule has 1 aliphatic carbocycles. The molecule has 0 aliphatic heterocycles. The van der Waals surface area contributed by atoms with Crippen LogP contribution in [0.3, 0.4) is 0 Å². The first-order valence-corrected chi connectivity index (χ1v) is 6.83. The van der Waals surface area contributed by atoms with E-state index in [2.05, 4.69) is 0 Å². The van der Waals surface area contributed by atoms with Crippen LogP contribution < -0.4 is 5.73 Å². The largest absolute Gasteiger partial charge is 0.478 e. The molecule has 0 fully saturated rings. The Morgan fingerprint density at radius 2 is 2.16 bits per heavy atom. The number of thiophene rings is 1. The van der Waals surface area contributed by atoms with Crippen molar-refractivity contribution >= 4 is 23.0 Å². The van der Waals surface area contributed by atoms with Gasteiger partial charge in [-0.3, -0.25) is 0 Å². The predicted molar refractivity (Wildman–Crippen MR) is 73.5 cm³/mol. The van der Waals surface area contributed by atoms with Crippen LogP contribution in [0.5, 0.6) is 0 Å². The Balaban J connectivity index is 2.16. The number of carboxylic acid groups (broad SMARTS) is 1. The Kier molecular flexibility index (Phi) is 2.62. The van der Waals surface area contributed by atoms with E-state index >= 15 is 0 Å². The average molecular weight is 275 g/mol. The number of nitrogen functional groups attached to an aromatic ring is 1. The van der Waals surface area contributed by atoms with Gasteiger partial charge in [0.15, 0.2) is 0 Å². The number of fused-ring (bicyclic) bond motifs is 1. The van der Waals surface area contributed by atoms with Crippen molar-refractivity contribution in [3.05, 3.63) is 51.2 Å². The van der Waals surface area contributed by atoms with E-state index in [4.69, 9.17) is 5.73 Å². The van der Waals surface area contributed by atoms with Gasteiger partial charge in [0.2, 0.25) is 0 Å². The molecule has 0 bridgehead atoms. The number of hydrogen-bond acceptors (Lipinski definition) is 4. The molecule has 0 saturated carbocycles. The van der Waals surface area contributed by atoms with Crippen molar-refractivity contribution in [2.45, 2.75) is 18.4 Å². The number of hydrogen-bond donors (Lipinski definition) is 3. The fourth-order valence-electron chi connectivity index (χ4n) is 2.71. The van der Waals surface area contributed by atoms with Crippen LogP contribution in [-0.4, -0.2) is 16.2 Å². The van der Waals surface area contributed by atoms with Gasteiger partial charge in [-0.1, -0.05) is 6.07 Å². The third-order valence-electron chi connectivity index (χ3n) is 3.60. The van der Waals surface area contributed by atoms with Crippen LogP contribution in [0.2, 0.25) is 0 Å². The highest BCUT2D eigenvalue weighted by molar-refractivity contribution is 7.10. The Labute approximate surface area is 114 Å². The highest BCUT2D eigenvalue weighted by Gasteiger charge is 2.41. The number of aromatic carboxylic acids is 1. The number of anilines is 1. The van der Waals surface area contributed by atoms with E-state index in [0.29, 0.717) is 23.4 Å². The van der Waals surface area contributed by atoms with E-state index in [1.54, 1.807) is 17.5 Å². The minimum atomic E-state index is -1.20. The lowest BCUT2D eigenvalue weighted by molar-refractivity contribution is 0.0655.